The van der Waals surface area contributed by atoms with Crippen molar-refractivity contribution in [3.8, 4) is 0 Å². The number of hydrogen-bond acceptors (Lipinski definition) is 5. The topological polar surface area (TPSA) is 76.0 Å². The molecule has 0 fully saturated rings. The fraction of sp³-hybridized carbons (Fsp3) is 0.929. The molecule has 0 saturated heterocycles. The summed E-state index contributed by atoms with van der Waals surface area (Å²) in [5, 5.41) is 18.1. The average Bonchev–Trinajstić information content (AvgIpc) is 2.31. The molecular weight excluding hydrogens is 248 g/mol. The van der Waals surface area contributed by atoms with Gasteiger partial charge in [0.15, 0.2) is 0 Å². The van der Waals surface area contributed by atoms with Crippen molar-refractivity contribution in [1.82, 2.24) is 0 Å². The predicted molar refractivity (Wildman–Crippen MR) is 73.0 cm³/mol. The lowest BCUT2D eigenvalue weighted by Gasteiger charge is -2.16. The van der Waals surface area contributed by atoms with E-state index in [-0.39, 0.29) is 6.61 Å². The molecule has 0 aromatic rings. The second kappa shape index (κ2) is 11.1. The first-order chi connectivity index (χ1) is 8.95. The Bertz CT molecular complexity index is 222. The molecule has 5 heteroatoms. The first kappa shape index (κ1) is 18.2. The van der Waals surface area contributed by atoms with Gasteiger partial charge < -0.3 is 19.7 Å². The summed E-state index contributed by atoms with van der Waals surface area (Å²) in [6, 6.07) is 0. The van der Waals surface area contributed by atoms with Crippen LogP contribution in [0.15, 0.2) is 0 Å². The second-order valence-corrected chi connectivity index (χ2v) is 5.35. The van der Waals surface area contributed by atoms with Gasteiger partial charge in [-0.15, -0.1) is 0 Å². The molecule has 0 aliphatic rings. The molecule has 5 nitrogen and oxygen atoms in total. The van der Waals surface area contributed by atoms with Crippen LogP contribution in [0.5, 0.6) is 0 Å². The molecule has 19 heavy (non-hydrogen) atoms. The van der Waals surface area contributed by atoms with Crippen LogP contribution in [0.1, 0.15) is 58.8 Å². The SMILES string of the molecule is CC(C)(O)CCCCOC(=O)OCCCCCCO. The molecule has 0 spiro atoms. The quantitative estimate of drug-likeness (QED) is 0.448. The summed E-state index contributed by atoms with van der Waals surface area (Å²) >= 11 is 0. The summed E-state index contributed by atoms with van der Waals surface area (Å²) in [7, 11) is 0. The fourth-order valence-corrected chi connectivity index (χ4v) is 1.58. The zero-order valence-electron chi connectivity index (χ0n) is 12.2. The molecule has 0 amide bonds. The minimum Gasteiger partial charge on any atom is -0.434 e. The van der Waals surface area contributed by atoms with E-state index in [1.807, 2.05) is 0 Å². The molecule has 0 heterocycles. The van der Waals surface area contributed by atoms with Crippen molar-refractivity contribution in [3.05, 3.63) is 0 Å². The molecule has 0 aromatic heterocycles. The molecule has 0 bridgehead atoms. The number of unbranched alkanes of at least 4 members (excludes halogenated alkanes) is 4. The Morgan fingerprint density at radius 3 is 2.00 bits per heavy atom. The first-order valence-corrected chi connectivity index (χ1v) is 7.08. The van der Waals surface area contributed by atoms with Crippen LogP contribution in [0, 0.1) is 0 Å². The van der Waals surface area contributed by atoms with Gasteiger partial charge in [0.1, 0.15) is 0 Å². The minimum absolute atomic E-state index is 0.216. The van der Waals surface area contributed by atoms with E-state index < -0.39 is 11.8 Å². The van der Waals surface area contributed by atoms with E-state index in [2.05, 4.69) is 0 Å². The van der Waals surface area contributed by atoms with Crippen LogP contribution in [-0.2, 0) is 9.47 Å². The molecule has 0 rings (SSSR count). The third-order valence-corrected chi connectivity index (χ3v) is 2.68. The van der Waals surface area contributed by atoms with Crippen LogP contribution < -0.4 is 0 Å². The Kier molecular flexibility index (Phi) is 10.6. The summed E-state index contributed by atoms with van der Waals surface area (Å²) in [6.07, 6.45) is 5.11. The van der Waals surface area contributed by atoms with Crippen molar-refractivity contribution in [1.29, 1.82) is 0 Å². The van der Waals surface area contributed by atoms with Gasteiger partial charge in [-0.1, -0.05) is 6.42 Å². The lowest BCUT2D eigenvalue weighted by atomic mass is 10.0. The predicted octanol–water partition coefficient (Wildman–Crippen LogP) is 2.63. The molecule has 114 valence electrons. The van der Waals surface area contributed by atoms with Crippen LogP contribution in [0.25, 0.3) is 0 Å². The van der Waals surface area contributed by atoms with Crippen molar-refractivity contribution in [2.45, 2.75) is 64.4 Å². The minimum atomic E-state index is -0.658. The summed E-state index contributed by atoms with van der Waals surface area (Å²) in [6.45, 7) is 4.44. The molecule has 0 atom stereocenters. The smallest absolute Gasteiger partial charge is 0.434 e. The van der Waals surface area contributed by atoms with E-state index in [4.69, 9.17) is 14.6 Å². The van der Waals surface area contributed by atoms with E-state index in [9.17, 15) is 9.90 Å². The van der Waals surface area contributed by atoms with Gasteiger partial charge in [-0.2, -0.15) is 0 Å². The maximum atomic E-state index is 11.2. The lowest BCUT2D eigenvalue weighted by Crippen LogP contribution is -2.18. The van der Waals surface area contributed by atoms with Crippen LogP contribution in [-0.4, -0.2) is 41.8 Å². The number of ether oxygens (including phenoxy) is 2. The maximum Gasteiger partial charge on any atom is 0.508 e. The fourth-order valence-electron chi connectivity index (χ4n) is 1.58. The second-order valence-electron chi connectivity index (χ2n) is 5.35. The Morgan fingerprint density at radius 1 is 0.947 bits per heavy atom. The van der Waals surface area contributed by atoms with E-state index in [0.717, 1.165) is 38.5 Å². The standard InChI is InChI=1S/C14H28O5/c1-14(2,17)9-5-8-12-19-13(16)18-11-7-4-3-6-10-15/h15,17H,3-12H2,1-2H3. The highest BCUT2D eigenvalue weighted by atomic mass is 16.7. The molecular formula is C14H28O5. The number of aliphatic hydroxyl groups is 2. The normalized spacial score (nSPS) is 11.4. The summed E-state index contributed by atoms with van der Waals surface area (Å²) < 4.78 is 9.80. The van der Waals surface area contributed by atoms with Crippen LogP contribution >= 0.6 is 0 Å². The molecule has 0 aromatic carbocycles. The molecule has 0 unspecified atom stereocenters. The third kappa shape index (κ3) is 15.1. The van der Waals surface area contributed by atoms with Crippen LogP contribution in [0.2, 0.25) is 0 Å². The van der Waals surface area contributed by atoms with Crippen molar-refractivity contribution < 1.29 is 24.5 Å². The molecule has 2 N–H and O–H groups in total. The van der Waals surface area contributed by atoms with Crippen LogP contribution in [0.4, 0.5) is 4.79 Å². The Hall–Kier alpha value is -0.810. The van der Waals surface area contributed by atoms with Gasteiger partial charge in [-0.25, -0.2) is 4.79 Å². The summed E-state index contributed by atoms with van der Waals surface area (Å²) in [5.74, 6) is 0. The average molecular weight is 276 g/mol. The molecule has 0 aliphatic heterocycles. The van der Waals surface area contributed by atoms with E-state index >= 15 is 0 Å². The van der Waals surface area contributed by atoms with Gasteiger partial charge in [0.25, 0.3) is 0 Å². The Balaban J connectivity index is 3.26. The maximum absolute atomic E-state index is 11.2. The lowest BCUT2D eigenvalue weighted by molar-refractivity contribution is 0.0472. The number of carbonyl (C=O) groups is 1. The van der Waals surface area contributed by atoms with Gasteiger partial charge in [-0.05, 0) is 52.4 Å². The highest BCUT2D eigenvalue weighted by Gasteiger charge is 2.11. The van der Waals surface area contributed by atoms with Gasteiger partial charge in [0.2, 0.25) is 0 Å². The number of carbonyl (C=O) groups excluding carboxylic acids is 1. The first-order valence-electron chi connectivity index (χ1n) is 7.08. The molecule has 0 aliphatic carbocycles. The van der Waals surface area contributed by atoms with Gasteiger partial charge in [-0.3, -0.25) is 0 Å². The van der Waals surface area contributed by atoms with Crippen LogP contribution in [0.3, 0.4) is 0 Å². The van der Waals surface area contributed by atoms with E-state index in [0.29, 0.717) is 19.6 Å². The summed E-state index contributed by atoms with van der Waals surface area (Å²) in [5.41, 5.74) is -0.658. The summed E-state index contributed by atoms with van der Waals surface area (Å²) in [4.78, 5) is 11.2. The number of hydrogen-bond donors (Lipinski definition) is 2. The van der Waals surface area contributed by atoms with Crippen molar-refractivity contribution in [2.75, 3.05) is 19.8 Å². The van der Waals surface area contributed by atoms with Gasteiger partial charge >= 0.3 is 6.16 Å². The van der Waals surface area contributed by atoms with E-state index in [1.165, 1.54) is 0 Å². The van der Waals surface area contributed by atoms with Crippen molar-refractivity contribution >= 4 is 6.16 Å². The Morgan fingerprint density at radius 2 is 1.47 bits per heavy atom. The molecule has 0 radical (unpaired) electrons. The zero-order valence-corrected chi connectivity index (χ0v) is 12.2. The highest BCUT2D eigenvalue weighted by Crippen LogP contribution is 2.11. The van der Waals surface area contributed by atoms with Crippen molar-refractivity contribution in [3.63, 3.8) is 0 Å². The highest BCUT2D eigenvalue weighted by molar-refractivity contribution is 5.59. The Labute approximate surface area is 115 Å². The third-order valence-electron chi connectivity index (χ3n) is 2.68. The van der Waals surface area contributed by atoms with Crippen molar-refractivity contribution in [2.24, 2.45) is 0 Å². The zero-order chi connectivity index (χ0) is 14.6. The largest absolute Gasteiger partial charge is 0.508 e. The molecule has 0 saturated carbocycles. The number of rotatable bonds is 11. The van der Waals surface area contributed by atoms with Gasteiger partial charge in [0, 0.05) is 6.61 Å². The van der Waals surface area contributed by atoms with Gasteiger partial charge in [0.05, 0.1) is 18.8 Å². The monoisotopic (exact) mass is 276 g/mol. The van der Waals surface area contributed by atoms with E-state index in [1.54, 1.807) is 13.8 Å². The number of aliphatic hydroxyl groups excluding tert-OH is 1.